The Morgan fingerprint density at radius 2 is 1.15 bits per heavy atom. The predicted octanol–water partition coefficient (Wildman–Crippen LogP) is 6.12. The Bertz CT molecular complexity index is 2840. The highest BCUT2D eigenvalue weighted by Crippen LogP contribution is 2.29. The summed E-state index contributed by atoms with van der Waals surface area (Å²) in [5, 5.41) is 21.0. The number of nitrogens with zero attached hydrogens (tertiary/aromatic N) is 6. The average Bonchev–Trinajstić information content (AvgIpc) is 3.72. The molecule has 236 valence electrons. The van der Waals surface area contributed by atoms with E-state index in [1.165, 1.54) is 27.8 Å². The maximum absolute atomic E-state index is 12.4. The van der Waals surface area contributed by atoms with Gasteiger partial charge in [-0.3, -0.25) is 9.11 Å². The van der Waals surface area contributed by atoms with Crippen LogP contribution in [0.5, 0.6) is 0 Å². The lowest BCUT2D eigenvalue weighted by molar-refractivity contribution is 0.481. The normalized spacial score (nSPS) is 12.6. The van der Waals surface area contributed by atoms with E-state index < -0.39 is 20.2 Å². The van der Waals surface area contributed by atoms with Crippen LogP contribution in [0.3, 0.4) is 0 Å². The van der Waals surface area contributed by atoms with Gasteiger partial charge in [-0.15, -0.1) is 20.4 Å². The van der Waals surface area contributed by atoms with E-state index in [-0.39, 0.29) is 15.4 Å². The van der Waals surface area contributed by atoms with Gasteiger partial charge in [0.1, 0.15) is 31.9 Å². The first-order valence-corrected chi connectivity index (χ1v) is 17.3. The lowest BCUT2D eigenvalue weighted by Gasteiger charge is -2.07. The van der Waals surface area contributed by atoms with Gasteiger partial charge in [-0.05, 0) is 59.0 Å². The number of hydrogen-bond donors (Lipinski definition) is 2. The monoisotopic (exact) mass is 674 g/mol. The molecule has 6 aromatic carbocycles. The van der Waals surface area contributed by atoms with Crippen molar-refractivity contribution in [3.8, 4) is 11.4 Å². The van der Waals surface area contributed by atoms with Gasteiger partial charge in [0.25, 0.3) is 20.2 Å². The highest BCUT2D eigenvalue weighted by atomic mass is 32.2. The summed E-state index contributed by atoms with van der Waals surface area (Å²) in [6.45, 7) is 0. The molecule has 0 fully saturated rings. The van der Waals surface area contributed by atoms with Crippen LogP contribution < -0.4 is 0 Å². The lowest BCUT2D eigenvalue weighted by Crippen LogP contribution is -2.05. The van der Waals surface area contributed by atoms with Crippen LogP contribution in [0.15, 0.2) is 119 Å². The maximum atomic E-state index is 12.4. The zero-order valence-corrected chi connectivity index (χ0v) is 26.2. The minimum absolute atomic E-state index is 0.209. The molecule has 0 saturated heterocycles. The van der Waals surface area contributed by atoms with Crippen molar-refractivity contribution in [3.05, 3.63) is 120 Å². The fourth-order valence-corrected chi connectivity index (χ4v) is 7.13. The molecule has 0 aliphatic heterocycles. The van der Waals surface area contributed by atoms with E-state index in [0.29, 0.717) is 44.2 Å². The Morgan fingerprint density at radius 3 is 1.88 bits per heavy atom. The van der Waals surface area contributed by atoms with E-state index in [9.17, 15) is 25.9 Å². The van der Waals surface area contributed by atoms with Crippen LogP contribution >= 0.6 is 0 Å². The summed E-state index contributed by atoms with van der Waals surface area (Å²) in [7, 11) is -9.03. The van der Waals surface area contributed by atoms with Crippen LogP contribution in [0.25, 0.3) is 67.1 Å². The molecule has 2 N–H and O–H groups in total. The molecular weight excluding hydrogens is 653 g/mol. The number of benzene rings is 6. The van der Waals surface area contributed by atoms with Crippen LogP contribution in [0.2, 0.25) is 0 Å². The number of rotatable bonds is 6. The van der Waals surface area contributed by atoms with E-state index in [0.717, 1.165) is 16.3 Å². The zero-order valence-electron chi connectivity index (χ0n) is 24.6. The van der Waals surface area contributed by atoms with Crippen molar-refractivity contribution < 1.29 is 25.9 Å². The summed E-state index contributed by atoms with van der Waals surface area (Å²) in [4.78, 5) is 2.26. The highest BCUT2D eigenvalue weighted by molar-refractivity contribution is 7.86. The average molecular weight is 675 g/mol. The number of hydrogen-bond acceptors (Lipinski definition) is 8. The van der Waals surface area contributed by atoms with Crippen LogP contribution in [0.1, 0.15) is 11.1 Å². The van der Waals surface area contributed by atoms with Crippen LogP contribution in [0, 0.1) is 0 Å². The van der Waals surface area contributed by atoms with E-state index >= 15 is 0 Å². The van der Waals surface area contributed by atoms with Crippen molar-refractivity contribution in [2.24, 2.45) is 0 Å². The van der Waals surface area contributed by atoms with Gasteiger partial charge in [0.15, 0.2) is 0 Å². The second kappa shape index (κ2) is 10.9. The number of aromatic nitrogens is 6. The Kier molecular flexibility index (Phi) is 6.71. The van der Waals surface area contributed by atoms with Crippen molar-refractivity contribution in [2.75, 3.05) is 0 Å². The third-order valence-electron chi connectivity index (χ3n) is 8.01. The Balaban J connectivity index is 1.10. The maximum Gasteiger partial charge on any atom is 0.295 e. The zero-order chi connectivity index (χ0) is 33.2. The molecule has 8 aromatic rings. The molecule has 14 heteroatoms. The second-order valence-electron chi connectivity index (χ2n) is 11.0. The molecule has 0 amide bonds. The molecule has 0 bridgehead atoms. The van der Waals surface area contributed by atoms with E-state index in [4.69, 9.17) is 0 Å². The van der Waals surface area contributed by atoms with Crippen molar-refractivity contribution in [1.29, 1.82) is 0 Å². The van der Waals surface area contributed by atoms with Gasteiger partial charge in [0, 0.05) is 16.2 Å². The molecule has 0 saturated carbocycles. The molecule has 0 radical (unpaired) electrons. The molecule has 0 unspecified atom stereocenters. The van der Waals surface area contributed by atoms with Gasteiger partial charge in [0.05, 0.1) is 11.4 Å². The van der Waals surface area contributed by atoms with Crippen LogP contribution in [0.4, 0.5) is 0 Å². The molecule has 0 spiro atoms. The lowest BCUT2D eigenvalue weighted by atomic mass is 10.1. The predicted molar refractivity (Wildman–Crippen MR) is 181 cm³/mol. The summed E-state index contributed by atoms with van der Waals surface area (Å²) in [6, 6.07) is 31.1. The molecule has 2 aromatic heterocycles. The summed E-state index contributed by atoms with van der Waals surface area (Å²) in [6.07, 6.45) is 3.29. The first-order chi connectivity index (χ1) is 23.0. The third kappa shape index (κ3) is 5.18. The summed E-state index contributed by atoms with van der Waals surface area (Å²) in [5.41, 5.74) is 4.31. The molecule has 0 aliphatic carbocycles. The Labute approximate surface area is 272 Å². The van der Waals surface area contributed by atoms with E-state index in [1.54, 1.807) is 66.7 Å². The van der Waals surface area contributed by atoms with Crippen LogP contribution in [-0.2, 0) is 20.2 Å². The Hall–Kier alpha value is -5.80. The molecule has 0 atom stereocenters. The molecule has 8 rings (SSSR count). The summed E-state index contributed by atoms with van der Waals surface area (Å²) >= 11 is 0. The summed E-state index contributed by atoms with van der Waals surface area (Å²) < 4.78 is 68.3. The minimum Gasteiger partial charge on any atom is -0.282 e. The van der Waals surface area contributed by atoms with Gasteiger partial charge in [-0.1, -0.05) is 78.9 Å². The number of fused-ring (bicyclic) bond motifs is 6. The van der Waals surface area contributed by atoms with Crippen molar-refractivity contribution >= 4 is 76.0 Å². The smallest absolute Gasteiger partial charge is 0.282 e. The highest BCUT2D eigenvalue weighted by Gasteiger charge is 2.19. The quantitative estimate of drug-likeness (QED) is 0.155. The molecule has 2 heterocycles. The molecule has 48 heavy (non-hydrogen) atoms. The largest absolute Gasteiger partial charge is 0.295 e. The first-order valence-electron chi connectivity index (χ1n) is 14.4. The first kappa shape index (κ1) is 29.6. The van der Waals surface area contributed by atoms with Gasteiger partial charge in [0.2, 0.25) is 0 Å². The molecular formula is C34H22N6O6S2. The summed E-state index contributed by atoms with van der Waals surface area (Å²) in [5.74, 6) is 0. The molecule has 0 aliphatic rings. The van der Waals surface area contributed by atoms with Gasteiger partial charge >= 0.3 is 0 Å². The van der Waals surface area contributed by atoms with E-state index in [1.807, 2.05) is 36.4 Å². The SMILES string of the molecule is O=S(=O)(O)c1cc(-n2nc3ccc4ccccc4c3n2)ccc1C=Cc1ccc(-n2nc3ccc4c(S(=O)(=O)O)cccc4c3n2)cc1. The standard InChI is InChI=1S/C34H22N6O6S2/c41-47(42,43)31-7-3-6-28-27(31)17-19-30-34(28)38-39(35-30)24-14-9-21(10-15-24)8-11-23-12-16-25(20-32(23)48(44,45)46)40-36-29-18-13-22-4-1-2-5-26(22)33(29)37-40/h1-20H,(H,41,42,43)(H,44,45,46). The fraction of sp³-hybridized carbons (Fsp3) is 0. The van der Waals surface area contributed by atoms with Crippen molar-refractivity contribution in [1.82, 2.24) is 30.0 Å². The Morgan fingerprint density at radius 1 is 0.521 bits per heavy atom. The second-order valence-corrected chi connectivity index (χ2v) is 13.8. The van der Waals surface area contributed by atoms with E-state index in [2.05, 4.69) is 20.4 Å². The van der Waals surface area contributed by atoms with Gasteiger partial charge < -0.3 is 0 Å². The van der Waals surface area contributed by atoms with Crippen molar-refractivity contribution in [2.45, 2.75) is 9.79 Å². The molecule has 12 nitrogen and oxygen atoms in total. The minimum atomic E-state index is -4.60. The van der Waals surface area contributed by atoms with Gasteiger partial charge in [-0.25, -0.2) is 0 Å². The topological polar surface area (TPSA) is 170 Å². The van der Waals surface area contributed by atoms with Crippen molar-refractivity contribution in [3.63, 3.8) is 0 Å². The third-order valence-corrected chi connectivity index (χ3v) is 9.83. The van der Waals surface area contributed by atoms with Crippen LogP contribution in [-0.4, -0.2) is 55.9 Å². The fourth-order valence-electron chi connectivity index (χ4n) is 5.72. The van der Waals surface area contributed by atoms with Gasteiger partial charge in [-0.2, -0.15) is 26.4 Å².